The molecule has 0 aliphatic rings. The van der Waals surface area contributed by atoms with Gasteiger partial charge in [0, 0.05) is 0 Å². The van der Waals surface area contributed by atoms with Crippen molar-refractivity contribution in [1.82, 2.24) is 5.16 Å². The minimum absolute atomic E-state index is 0.284. The monoisotopic (exact) mass is 234 g/mol. The van der Waals surface area contributed by atoms with Crippen molar-refractivity contribution in [1.29, 1.82) is 0 Å². The van der Waals surface area contributed by atoms with Crippen LogP contribution in [0.5, 0.6) is 5.88 Å². The third-order valence-electron chi connectivity index (χ3n) is 1.67. The fourth-order valence-electron chi connectivity index (χ4n) is 0.919. The summed E-state index contributed by atoms with van der Waals surface area (Å²) in [5.41, 5.74) is 0. The van der Waals surface area contributed by atoms with E-state index in [4.69, 9.17) is 4.74 Å². The molecule has 1 rings (SSSR count). The van der Waals surface area contributed by atoms with Gasteiger partial charge in [-0.05, 0) is 11.8 Å². The Morgan fingerprint density at radius 3 is 2.93 bits per heavy atom. The van der Waals surface area contributed by atoms with Crippen LogP contribution in [0.3, 0.4) is 0 Å². The number of thioether (sulfide) groups is 1. The van der Waals surface area contributed by atoms with E-state index >= 15 is 0 Å². The Kier molecular flexibility index (Phi) is 4.70. The van der Waals surface area contributed by atoms with Crippen molar-refractivity contribution in [2.45, 2.75) is 11.9 Å². The lowest BCUT2D eigenvalue weighted by Gasteiger charge is -2.04. The van der Waals surface area contributed by atoms with Gasteiger partial charge >= 0.3 is 5.88 Å². The molecule has 0 fully saturated rings. The summed E-state index contributed by atoms with van der Waals surface area (Å²) < 4.78 is 9.63. The highest BCUT2D eigenvalue weighted by atomic mass is 32.2. The van der Waals surface area contributed by atoms with Crippen LogP contribution in [0.2, 0.25) is 0 Å². The standard InChI is InChI=1S/C8H15N3O3S/c1-4-13-7-8(11(12)14-9-7)15-6-5-10(2)3/h4-6H2,1-3H3/p+1. The van der Waals surface area contributed by atoms with Crippen LogP contribution in [-0.2, 0) is 0 Å². The van der Waals surface area contributed by atoms with Crippen molar-refractivity contribution >= 4 is 11.8 Å². The van der Waals surface area contributed by atoms with Crippen molar-refractivity contribution in [3.05, 3.63) is 5.21 Å². The van der Waals surface area contributed by atoms with Crippen LogP contribution in [-0.4, -0.2) is 38.2 Å². The van der Waals surface area contributed by atoms with Gasteiger partial charge in [0.2, 0.25) is 0 Å². The Morgan fingerprint density at radius 1 is 1.60 bits per heavy atom. The zero-order valence-corrected chi connectivity index (χ0v) is 9.97. The summed E-state index contributed by atoms with van der Waals surface area (Å²) in [6, 6.07) is 0. The highest BCUT2D eigenvalue weighted by molar-refractivity contribution is 7.99. The number of rotatable bonds is 6. The zero-order chi connectivity index (χ0) is 11.3. The van der Waals surface area contributed by atoms with E-state index in [9.17, 15) is 5.21 Å². The van der Waals surface area contributed by atoms with E-state index in [1.165, 1.54) is 16.7 Å². The largest absolute Gasteiger partial charge is 0.455 e. The molecule has 1 aromatic heterocycles. The highest BCUT2D eigenvalue weighted by Gasteiger charge is 2.21. The predicted octanol–water partition coefficient (Wildman–Crippen LogP) is -1.06. The van der Waals surface area contributed by atoms with E-state index in [-0.39, 0.29) is 5.88 Å². The van der Waals surface area contributed by atoms with E-state index < -0.39 is 0 Å². The molecule has 0 amide bonds. The number of ether oxygens (including phenoxy) is 1. The SMILES string of the molecule is CCOc1no[n+]([O-])c1SCC[NH+](C)C. The van der Waals surface area contributed by atoms with Gasteiger partial charge in [0.25, 0.3) is 5.03 Å². The van der Waals surface area contributed by atoms with Gasteiger partial charge in [0.05, 0.1) is 38.2 Å². The van der Waals surface area contributed by atoms with Crippen molar-refractivity contribution in [3.8, 4) is 5.88 Å². The van der Waals surface area contributed by atoms with E-state index in [0.717, 1.165) is 12.3 Å². The van der Waals surface area contributed by atoms with E-state index in [1.54, 1.807) is 0 Å². The quantitative estimate of drug-likeness (QED) is 0.502. The molecular weight excluding hydrogens is 218 g/mol. The zero-order valence-electron chi connectivity index (χ0n) is 9.15. The maximum Gasteiger partial charge on any atom is 0.409 e. The Labute approximate surface area is 92.7 Å². The average Bonchev–Trinajstić information content (AvgIpc) is 2.50. The number of nitrogens with one attached hydrogen (secondary N) is 1. The summed E-state index contributed by atoms with van der Waals surface area (Å²) >= 11 is 1.40. The molecule has 7 heteroatoms. The van der Waals surface area contributed by atoms with Crippen LogP contribution in [0, 0.1) is 5.21 Å². The van der Waals surface area contributed by atoms with Gasteiger partial charge in [-0.3, -0.25) is 4.63 Å². The first-order valence-electron chi connectivity index (χ1n) is 4.79. The van der Waals surface area contributed by atoms with Gasteiger partial charge in [-0.1, -0.05) is 11.8 Å². The molecule has 0 aliphatic carbocycles. The fraction of sp³-hybridized carbons (Fsp3) is 0.750. The van der Waals surface area contributed by atoms with Gasteiger partial charge in [-0.25, -0.2) is 0 Å². The van der Waals surface area contributed by atoms with Crippen LogP contribution in [0.25, 0.3) is 0 Å². The topological polar surface area (TPSA) is 66.6 Å². The molecule has 0 spiro atoms. The van der Waals surface area contributed by atoms with Crippen LogP contribution < -0.4 is 14.5 Å². The number of hydrogen-bond donors (Lipinski definition) is 1. The fourth-order valence-corrected chi connectivity index (χ4v) is 1.98. The lowest BCUT2D eigenvalue weighted by molar-refractivity contribution is -0.855. The molecule has 1 N–H and O–H groups in total. The molecule has 0 aliphatic heterocycles. The minimum atomic E-state index is 0.284. The summed E-state index contributed by atoms with van der Waals surface area (Å²) in [6.45, 7) is 3.27. The smallest absolute Gasteiger partial charge is 0.409 e. The Bertz CT molecular complexity index is 303. The minimum Gasteiger partial charge on any atom is -0.455 e. The molecule has 6 nitrogen and oxygen atoms in total. The van der Waals surface area contributed by atoms with E-state index in [1.807, 2.05) is 6.92 Å². The first kappa shape index (κ1) is 12.1. The van der Waals surface area contributed by atoms with Gasteiger partial charge < -0.3 is 14.8 Å². The molecule has 0 unspecified atom stereocenters. The molecule has 0 radical (unpaired) electrons. The van der Waals surface area contributed by atoms with Crippen LogP contribution >= 0.6 is 11.8 Å². The first-order chi connectivity index (χ1) is 7.15. The summed E-state index contributed by atoms with van der Waals surface area (Å²) in [5, 5.41) is 15.1. The summed E-state index contributed by atoms with van der Waals surface area (Å²) in [6.07, 6.45) is 0. The summed E-state index contributed by atoms with van der Waals surface area (Å²) in [4.78, 5) is 1.72. The van der Waals surface area contributed by atoms with E-state index in [2.05, 4.69) is 23.9 Å². The van der Waals surface area contributed by atoms with Crippen LogP contribution in [0.15, 0.2) is 9.65 Å². The maximum atomic E-state index is 11.2. The Hall–Kier alpha value is -0.950. The summed E-state index contributed by atoms with van der Waals surface area (Å²) in [7, 11) is 4.12. The molecule has 1 aromatic rings. The molecule has 0 aromatic carbocycles. The van der Waals surface area contributed by atoms with Crippen molar-refractivity contribution < 1.29 is 19.2 Å². The average molecular weight is 234 g/mol. The maximum absolute atomic E-state index is 11.2. The molecular formula is C8H16N3O3S+. The molecule has 1 heterocycles. The van der Waals surface area contributed by atoms with Gasteiger partial charge in [-0.2, -0.15) is 0 Å². The third-order valence-corrected chi connectivity index (χ3v) is 2.67. The molecule has 0 saturated heterocycles. The normalized spacial score (nSPS) is 10.9. The molecule has 0 bridgehead atoms. The Balaban J connectivity index is 2.54. The van der Waals surface area contributed by atoms with Crippen molar-refractivity contribution in [2.24, 2.45) is 0 Å². The van der Waals surface area contributed by atoms with Crippen molar-refractivity contribution in [3.63, 3.8) is 0 Å². The highest BCUT2D eigenvalue weighted by Crippen LogP contribution is 2.22. The van der Waals surface area contributed by atoms with E-state index in [0.29, 0.717) is 16.5 Å². The van der Waals surface area contributed by atoms with Gasteiger partial charge in [0.1, 0.15) is 0 Å². The van der Waals surface area contributed by atoms with Crippen LogP contribution in [0.1, 0.15) is 6.92 Å². The van der Waals surface area contributed by atoms with Crippen LogP contribution in [0.4, 0.5) is 0 Å². The Morgan fingerprint density at radius 2 is 2.33 bits per heavy atom. The van der Waals surface area contributed by atoms with Crippen molar-refractivity contribution in [2.75, 3.05) is 33.0 Å². The second-order valence-corrected chi connectivity index (χ2v) is 4.36. The third kappa shape index (κ3) is 3.60. The first-order valence-corrected chi connectivity index (χ1v) is 5.78. The number of aromatic nitrogens is 2. The second-order valence-electron chi connectivity index (χ2n) is 3.28. The number of quaternary nitrogens is 1. The second kappa shape index (κ2) is 5.82. The molecule has 15 heavy (non-hydrogen) atoms. The number of nitrogens with zero attached hydrogens (tertiary/aromatic N) is 2. The van der Waals surface area contributed by atoms with Gasteiger partial charge in [0.15, 0.2) is 0 Å². The predicted molar refractivity (Wildman–Crippen MR) is 55.0 cm³/mol. The summed E-state index contributed by atoms with van der Waals surface area (Å²) in [5.74, 6) is 1.11. The van der Waals surface area contributed by atoms with Gasteiger partial charge in [-0.15, -0.1) is 0 Å². The lowest BCUT2D eigenvalue weighted by Crippen LogP contribution is -3.06. The molecule has 86 valence electrons. The lowest BCUT2D eigenvalue weighted by atomic mass is 10.7. The molecule has 0 atom stereocenters. The molecule has 0 saturated carbocycles. The number of hydrogen-bond acceptors (Lipinski definition) is 5.